The van der Waals surface area contributed by atoms with Crippen molar-refractivity contribution in [1.82, 2.24) is 4.90 Å². The van der Waals surface area contributed by atoms with Gasteiger partial charge in [0.15, 0.2) is 0 Å². The average Bonchev–Trinajstić information content (AvgIpc) is 3.06. The van der Waals surface area contributed by atoms with Gasteiger partial charge in [-0.3, -0.25) is 4.99 Å². The van der Waals surface area contributed by atoms with E-state index >= 15 is 0 Å². The summed E-state index contributed by atoms with van der Waals surface area (Å²) in [7, 11) is 0. The van der Waals surface area contributed by atoms with Crippen molar-refractivity contribution in [2.75, 3.05) is 13.1 Å². The molecule has 2 aromatic rings. The fourth-order valence-corrected chi connectivity index (χ4v) is 3.53. The van der Waals surface area contributed by atoms with E-state index in [1.54, 1.807) is 0 Å². The van der Waals surface area contributed by atoms with E-state index in [0.717, 1.165) is 13.1 Å². The summed E-state index contributed by atoms with van der Waals surface area (Å²) in [5.41, 5.74) is 3.01. The van der Waals surface area contributed by atoms with Crippen LogP contribution >= 0.6 is 0 Å². The Morgan fingerprint density at radius 3 is 2.00 bits per heavy atom. The number of rotatable bonds is 3. The van der Waals surface area contributed by atoms with Gasteiger partial charge < -0.3 is 4.90 Å². The molecule has 1 atom stereocenters. The van der Waals surface area contributed by atoms with Gasteiger partial charge in [0.05, 0.1) is 12.9 Å². The Balaban J connectivity index is 1.78. The Bertz CT molecular complexity index is 579. The molecule has 0 amide bonds. The van der Waals surface area contributed by atoms with Gasteiger partial charge in [-0.05, 0) is 17.5 Å². The molecule has 0 aromatic heterocycles. The topological polar surface area (TPSA) is 15.6 Å². The summed E-state index contributed by atoms with van der Waals surface area (Å²) >= 11 is 0. The minimum absolute atomic E-state index is 0.152. The zero-order chi connectivity index (χ0) is 13.4. The lowest BCUT2D eigenvalue weighted by Crippen LogP contribution is -2.29. The van der Waals surface area contributed by atoms with Gasteiger partial charge in [0.25, 0.3) is 0 Å². The first-order valence-electron chi connectivity index (χ1n) is 7.28. The van der Waals surface area contributed by atoms with Crippen LogP contribution in [0.15, 0.2) is 65.7 Å². The highest BCUT2D eigenvalue weighted by atomic mass is 15.3. The van der Waals surface area contributed by atoms with Crippen LogP contribution in [0.4, 0.5) is 0 Å². The van der Waals surface area contributed by atoms with E-state index < -0.39 is 0 Å². The Labute approximate surface area is 119 Å². The van der Waals surface area contributed by atoms with Crippen molar-refractivity contribution >= 4 is 6.34 Å². The van der Waals surface area contributed by atoms with Gasteiger partial charge in [-0.1, -0.05) is 60.7 Å². The number of aliphatic imine (C=N–C) groups is 1. The summed E-state index contributed by atoms with van der Waals surface area (Å²) in [5.74, 6) is 0. The molecule has 0 spiro atoms. The van der Waals surface area contributed by atoms with Gasteiger partial charge in [-0.25, -0.2) is 0 Å². The molecule has 2 nitrogen and oxygen atoms in total. The third-order valence-corrected chi connectivity index (χ3v) is 4.62. The van der Waals surface area contributed by atoms with Crippen molar-refractivity contribution in [3.63, 3.8) is 0 Å². The summed E-state index contributed by atoms with van der Waals surface area (Å²) in [6, 6.07) is 22.4. The molecule has 0 saturated heterocycles. The Morgan fingerprint density at radius 1 is 0.900 bits per heavy atom. The SMILES string of the molecule is C1=NCCN1C1CC1(c1ccccc1)c1ccccc1. The van der Waals surface area contributed by atoms with E-state index in [-0.39, 0.29) is 5.41 Å². The Kier molecular flexibility index (Phi) is 2.62. The lowest BCUT2D eigenvalue weighted by molar-refractivity contribution is 0.430. The Hall–Kier alpha value is -2.09. The second-order valence-corrected chi connectivity index (χ2v) is 5.68. The standard InChI is InChI=1S/C18H18N2/c1-3-7-15(8-4-1)18(16-9-5-2-6-10-16)13-17(18)20-12-11-19-14-20/h1-10,14,17H,11-13H2. The highest BCUT2D eigenvalue weighted by molar-refractivity contribution is 5.62. The fraction of sp³-hybridized carbons (Fsp3) is 0.278. The highest BCUT2D eigenvalue weighted by Gasteiger charge is 2.59. The van der Waals surface area contributed by atoms with Crippen molar-refractivity contribution in [2.24, 2.45) is 4.99 Å². The van der Waals surface area contributed by atoms with Crippen molar-refractivity contribution in [2.45, 2.75) is 17.9 Å². The van der Waals surface area contributed by atoms with E-state index in [4.69, 9.17) is 0 Å². The summed E-state index contributed by atoms with van der Waals surface area (Å²) in [6.07, 6.45) is 3.23. The van der Waals surface area contributed by atoms with Gasteiger partial charge >= 0.3 is 0 Å². The first-order chi connectivity index (χ1) is 9.91. The second kappa shape index (κ2) is 4.48. The Morgan fingerprint density at radius 2 is 1.50 bits per heavy atom. The van der Waals surface area contributed by atoms with Crippen molar-refractivity contribution < 1.29 is 0 Å². The van der Waals surface area contributed by atoms with Crippen LogP contribution in [0.25, 0.3) is 0 Å². The molecule has 1 aliphatic heterocycles. The van der Waals surface area contributed by atoms with Gasteiger partial charge in [-0.15, -0.1) is 0 Å². The lowest BCUT2D eigenvalue weighted by atomic mass is 9.87. The third-order valence-electron chi connectivity index (χ3n) is 4.62. The third kappa shape index (κ3) is 1.68. The van der Waals surface area contributed by atoms with Gasteiger partial charge in [-0.2, -0.15) is 0 Å². The predicted molar refractivity (Wildman–Crippen MR) is 82.1 cm³/mol. The van der Waals surface area contributed by atoms with Gasteiger partial charge in [0, 0.05) is 18.0 Å². The molecule has 4 rings (SSSR count). The zero-order valence-corrected chi connectivity index (χ0v) is 11.4. The normalized spacial score (nSPS) is 23.0. The summed E-state index contributed by atoms with van der Waals surface area (Å²) in [5, 5.41) is 0. The predicted octanol–water partition coefficient (Wildman–Crippen LogP) is 3.09. The first-order valence-corrected chi connectivity index (χ1v) is 7.28. The number of nitrogens with zero attached hydrogens (tertiary/aromatic N) is 2. The highest BCUT2D eigenvalue weighted by Crippen LogP contribution is 2.56. The number of benzene rings is 2. The molecule has 1 saturated carbocycles. The van der Waals surface area contributed by atoms with Crippen LogP contribution in [0.3, 0.4) is 0 Å². The molecule has 1 fully saturated rings. The average molecular weight is 262 g/mol. The van der Waals surface area contributed by atoms with Crippen molar-refractivity contribution in [3.05, 3.63) is 71.8 Å². The van der Waals surface area contributed by atoms with Crippen LogP contribution < -0.4 is 0 Å². The van der Waals surface area contributed by atoms with E-state index in [2.05, 4.69) is 70.6 Å². The molecular weight excluding hydrogens is 244 g/mol. The van der Waals surface area contributed by atoms with Crippen LogP contribution in [0, 0.1) is 0 Å². The molecule has 100 valence electrons. The minimum Gasteiger partial charge on any atom is -0.357 e. The van der Waals surface area contributed by atoms with Crippen LogP contribution in [-0.4, -0.2) is 30.4 Å². The lowest BCUT2D eigenvalue weighted by Gasteiger charge is -2.23. The molecule has 0 radical (unpaired) electrons. The molecule has 20 heavy (non-hydrogen) atoms. The molecule has 2 aromatic carbocycles. The molecule has 2 heteroatoms. The zero-order valence-electron chi connectivity index (χ0n) is 11.4. The maximum absolute atomic E-state index is 4.38. The maximum Gasteiger partial charge on any atom is 0.0854 e. The molecule has 0 bridgehead atoms. The summed E-state index contributed by atoms with van der Waals surface area (Å²) in [6.45, 7) is 2.00. The number of hydrogen-bond acceptors (Lipinski definition) is 2. The summed E-state index contributed by atoms with van der Waals surface area (Å²) in [4.78, 5) is 6.80. The quantitative estimate of drug-likeness (QED) is 0.830. The van der Waals surface area contributed by atoms with Crippen LogP contribution in [0.5, 0.6) is 0 Å². The molecular formula is C18H18N2. The van der Waals surface area contributed by atoms with E-state index in [1.165, 1.54) is 17.5 Å². The van der Waals surface area contributed by atoms with Crippen molar-refractivity contribution in [3.8, 4) is 0 Å². The molecule has 1 unspecified atom stereocenters. The molecule has 2 aliphatic rings. The van der Waals surface area contributed by atoms with Crippen LogP contribution in [0.2, 0.25) is 0 Å². The number of hydrogen-bond donors (Lipinski definition) is 0. The minimum atomic E-state index is 0.152. The monoisotopic (exact) mass is 262 g/mol. The summed E-state index contributed by atoms with van der Waals surface area (Å²) < 4.78 is 0. The maximum atomic E-state index is 4.38. The fourth-order valence-electron chi connectivity index (χ4n) is 3.53. The van der Waals surface area contributed by atoms with E-state index in [9.17, 15) is 0 Å². The van der Waals surface area contributed by atoms with Crippen LogP contribution in [-0.2, 0) is 5.41 Å². The molecule has 1 aliphatic carbocycles. The van der Waals surface area contributed by atoms with Gasteiger partial charge in [0.1, 0.15) is 0 Å². The molecule has 0 N–H and O–H groups in total. The van der Waals surface area contributed by atoms with Crippen molar-refractivity contribution in [1.29, 1.82) is 0 Å². The van der Waals surface area contributed by atoms with E-state index in [0.29, 0.717) is 6.04 Å². The van der Waals surface area contributed by atoms with Crippen LogP contribution in [0.1, 0.15) is 17.5 Å². The molecule has 1 heterocycles. The largest absolute Gasteiger partial charge is 0.357 e. The van der Waals surface area contributed by atoms with E-state index in [1.807, 2.05) is 6.34 Å². The second-order valence-electron chi connectivity index (χ2n) is 5.68. The van der Waals surface area contributed by atoms with Gasteiger partial charge in [0.2, 0.25) is 0 Å². The first kappa shape index (κ1) is 11.7. The smallest absolute Gasteiger partial charge is 0.0854 e.